The Balaban J connectivity index is 3.49. The highest BCUT2D eigenvalue weighted by Gasteiger charge is 2.04. The molecule has 0 aromatic carbocycles. The Labute approximate surface area is 307 Å². The lowest BCUT2D eigenvalue weighted by atomic mass is 11.0. The van der Waals surface area contributed by atoms with Gasteiger partial charge in [0.05, 0.1) is 78.2 Å². The first-order valence-corrected chi connectivity index (χ1v) is 27.1. The molecule has 0 saturated carbocycles. The van der Waals surface area contributed by atoms with Gasteiger partial charge in [0.25, 0.3) is 10.5 Å². The van der Waals surface area contributed by atoms with E-state index in [1.165, 1.54) is 69.9 Å². The third kappa shape index (κ3) is 37.0. The normalized spacial score (nSPS) is 13.1. The van der Waals surface area contributed by atoms with E-state index in [-0.39, 0.29) is 22.4 Å². The fourth-order valence-corrected chi connectivity index (χ4v) is 13.9. The third-order valence-corrected chi connectivity index (χ3v) is 17.5. The highest BCUT2D eigenvalue weighted by molar-refractivity contribution is 8.27. The minimum absolute atomic E-state index is 0.0392. The van der Waals surface area contributed by atoms with Gasteiger partial charge in [0.2, 0.25) is 0 Å². The molecule has 2 unspecified atom stereocenters. The van der Waals surface area contributed by atoms with Gasteiger partial charge in [-0.25, -0.2) is 0 Å². The Morgan fingerprint density at radius 2 is 1.00 bits per heavy atom. The molecular weight excluding hydrogens is 809 g/mol. The summed E-state index contributed by atoms with van der Waals surface area (Å²) in [5, 5.41) is 26.5. The summed E-state index contributed by atoms with van der Waals surface area (Å²) in [6, 6.07) is 0. The van der Waals surface area contributed by atoms with Gasteiger partial charge in [-0.15, -0.1) is 106 Å². The smallest absolute Gasteiger partial charge is 0.280 e. The van der Waals surface area contributed by atoms with E-state index >= 15 is 0 Å². The number of nitrogens with one attached hydrogen (secondary N) is 2. The summed E-state index contributed by atoms with van der Waals surface area (Å²) in [6.45, 7) is 0. The lowest BCUT2D eigenvalue weighted by Crippen LogP contribution is -2.18. The number of hydrogen-bond acceptors (Lipinski definition) is 19. The van der Waals surface area contributed by atoms with Gasteiger partial charge < -0.3 is 20.8 Å². The van der Waals surface area contributed by atoms with Crippen LogP contribution < -0.4 is 10.6 Å². The van der Waals surface area contributed by atoms with E-state index in [0.717, 1.165) is 39.9 Å². The minimum atomic E-state index is -1.17. The number of carbonyl (C=O) groups is 2. The quantitative estimate of drug-likeness (QED) is 0.0311. The summed E-state index contributed by atoms with van der Waals surface area (Å²) < 4.78 is 23.7. The van der Waals surface area contributed by atoms with Crippen LogP contribution in [0.1, 0.15) is 0 Å². The van der Waals surface area contributed by atoms with Crippen LogP contribution in [0.2, 0.25) is 0 Å². The minimum Gasteiger partial charge on any atom is -0.386 e. The van der Waals surface area contributed by atoms with Crippen molar-refractivity contribution < 1.29 is 28.2 Å². The monoisotopic (exact) mass is 846 g/mol. The molecule has 0 aliphatic heterocycles. The van der Waals surface area contributed by atoms with E-state index < -0.39 is 21.6 Å². The molecule has 0 bridgehead atoms. The molecule has 43 heavy (non-hydrogen) atoms. The highest BCUT2D eigenvalue weighted by Crippen LogP contribution is 2.18. The summed E-state index contributed by atoms with van der Waals surface area (Å²) >= 11 is 16.3. The lowest BCUT2D eigenvalue weighted by molar-refractivity contribution is 0.261. The van der Waals surface area contributed by atoms with Gasteiger partial charge in [0.15, 0.2) is 0 Å². The van der Waals surface area contributed by atoms with Crippen molar-refractivity contribution in [2.24, 2.45) is 9.98 Å². The molecule has 0 aliphatic rings. The average molecular weight is 847 g/mol. The zero-order chi connectivity index (χ0) is 31.6. The van der Waals surface area contributed by atoms with Crippen molar-refractivity contribution in [2.45, 2.75) is 0 Å². The first-order chi connectivity index (χ1) is 21.0. The van der Waals surface area contributed by atoms with Crippen LogP contribution in [0.4, 0.5) is 9.59 Å². The summed E-state index contributed by atoms with van der Waals surface area (Å²) in [5.41, 5.74) is 2.94. The summed E-state index contributed by atoms with van der Waals surface area (Å²) in [5.74, 6) is 5.88. The van der Waals surface area contributed by atoms with Gasteiger partial charge in [-0.3, -0.25) is 28.0 Å². The van der Waals surface area contributed by atoms with Gasteiger partial charge in [-0.1, -0.05) is 23.5 Å². The second kappa shape index (κ2) is 37.2. The number of thioether (sulfide) groups is 11. The maximum atomic E-state index is 12.0. The van der Waals surface area contributed by atoms with Crippen molar-refractivity contribution in [3.05, 3.63) is 0 Å². The first-order valence-electron chi connectivity index (χ1n) is 12.0. The van der Waals surface area contributed by atoms with E-state index in [1.54, 1.807) is 58.8 Å². The number of aliphatic hydroxyl groups excluding tert-OH is 2. The molecule has 4 N–H and O–H groups in total. The zero-order valence-electron chi connectivity index (χ0n) is 23.2. The van der Waals surface area contributed by atoms with Crippen LogP contribution in [0, 0.1) is 0 Å². The Kier molecular flexibility index (Phi) is 39.2. The number of nitrogens with zero attached hydrogens (tertiary/aromatic N) is 2. The molecule has 0 rings (SSSR count). The second-order valence-electron chi connectivity index (χ2n) is 6.72. The average Bonchev–Trinajstić information content (AvgIpc) is 2.99. The van der Waals surface area contributed by atoms with E-state index in [0.29, 0.717) is 48.9 Å². The Morgan fingerprint density at radius 3 is 1.49 bits per heavy atom. The van der Waals surface area contributed by atoms with Crippen molar-refractivity contribution in [1.29, 1.82) is 0 Å². The van der Waals surface area contributed by atoms with Crippen molar-refractivity contribution in [1.82, 2.24) is 10.6 Å². The van der Waals surface area contributed by atoms with Crippen LogP contribution in [-0.2, 0) is 21.6 Å². The van der Waals surface area contributed by atoms with Crippen LogP contribution in [0.15, 0.2) is 9.98 Å². The van der Waals surface area contributed by atoms with E-state index in [2.05, 4.69) is 20.6 Å². The van der Waals surface area contributed by atoms with Crippen LogP contribution in [0.3, 0.4) is 0 Å². The molecule has 0 radical (unpaired) electrons. The topological polar surface area (TPSA) is 158 Å². The van der Waals surface area contributed by atoms with Crippen LogP contribution >= 0.6 is 129 Å². The highest BCUT2D eigenvalue weighted by atomic mass is 32.3. The molecular formula is C20H38N4O6S13. The number of rotatable bonds is 30. The summed E-state index contributed by atoms with van der Waals surface area (Å²) in [6.07, 6.45) is 0. The van der Waals surface area contributed by atoms with Crippen LogP contribution in [-0.4, -0.2) is 129 Å². The predicted octanol–water partition coefficient (Wildman–Crippen LogP) is 5.50. The number of amides is 2. The van der Waals surface area contributed by atoms with Gasteiger partial charge in [-0.05, 0) is 0 Å². The molecule has 0 heterocycles. The first kappa shape index (κ1) is 45.3. The predicted molar refractivity (Wildman–Crippen MR) is 216 cm³/mol. The summed E-state index contributed by atoms with van der Waals surface area (Å²) in [4.78, 5) is 31.9. The number of hydrogen-bond donors (Lipinski definition) is 4. The molecule has 2 amide bonds. The molecule has 0 aromatic rings. The molecule has 0 fully saturated rings. The maximum absolute atomic E-state index is 12.0. The second-order valence-corrected chi connectivity index (χ2v) is 22.6. The van der Waals surface area contributed by atoms with Crippen molar-refractivity contribution in [3.8, 4) is 0 Å². The van der Waals surface area contributed by atoms with Crippen molar-refractivity contribution >= 4 is 173 Å². The molecule has 2 atom stereocenters. The molecule has 0 aromatic heterocycles. The SMILES string of the molecule is O=C(NCSCCSC/N=C\S(=O)CSCSC(=O)NCSCCSC/N=C\S(=O)CSCSCO)SCSCSCO. The maximum Gasteiger partial charge on any atom is 0.280 e. The van der Waals surface area contributed by atoms with Gasteiger partial charge >= 0.3 is 0 Å². The van der Waals surface area contributed by atoms with Crippen molar-refractivity contribution in [2.75, 3.05) is 88.9 Å². The fraction of sp³-hybridized carbons (Fsp3) is 0.800. The number of carbonyl (C=O) groups excluding carboxylic acids is 2. The molecule has 252 valence electrons. The largest absolute Gasteiger partial charge is 0.386 e. The standard InChI is InChI=1S/C20H38N4O6S13/c25-11-35-13-37-15-40-19(27)23-7-33-3-1-32-6-22-10-43(30)18-39-16-41-20(28)24-8-34-4-2-31-5-21-9-42(29)17-38-14-36-12-26/h9-10,25-26H,1-8,11-18H2,(H,23,27)(H,24,28)/b21-9-,22-10-. The fourth-order valence-electron chi connectivity index (χ4n) is 1.87. The van der Waals surface area contributed by atoms with Crippen molar-refractivity contribution in [3.63, 3.8) is 0 Å². The molecule has 23 heteroatoms. The van der Waals surface area contributed by atoms with E-state index in [9.17, 15) is 18.0 Å². The van der Waals surface area contributed by atoms with Gasteiger partial charge in [0, 0.05) is 43.4 Å². The Hall–Kier alpha value is 2.35. The van der Waals surface area contributed by atoms with E-state index in [1.807, 2.05) is 0 Å². The molecule has 0 spiro atoms. The number of aliphatic hydroxyl groups is 2. The lowest BCUT2D eigenvalue weighted by Gasteiger charge is -2.04. The van der Waals surface area contributed by atoms with Crippen LogP contribution in [0.5, 0.6) is 0 Å². The van der Waals surface area contributed by atoms with Gasteiger partial charge in [0.1, 0.15) is 0 Å². The van der Waals surface area contributed by atoms with E-state index in [4.69, 9.17) is 10.2 Å². The summed E-state index contributed by atoms with van der Waals surface area (Å²) in [7, 11) is -2.26. The van der Waals surface area contributed by atoms with Gasteiger partial charge in [-0.2, -0.15) is 0 Å². The third-order valence-electron chi connectivity index (χ3n) is 3.56. The Bertz CT molecular complexity index is 804. The molecule has 0 saturated heterocycles. The number of aliphatic imine (C=N–C) groups is 2. The molecule has 10 nitrogen and oxygen atoms in total. The Morgan fingerprint density at radius 1 is 0.581 bits per heavy atom. The zero-order valence-corrected chi connectivity index (χ0v) is 33.8. The molecule has 0 aliphatic carbocycles. The van der Waals surface area contributed by atoms with Crippen LogP contribution in [0.25, 0.3) is 0 Å².